The molecular weight excluding hydrogens is 206 g/mol. The Bertz CT molecular complexity index is 529. The van der Waals surface area contributed by atoms with Gasteiger partial charge in [-0.15, -0.1) is 0 Å². The maximum Gasteiger partial charge on any atom is 0.198 e. The van der Waals surface area contributed by atoms with E-state index in [0.29, 0.717) is 4.90 Å². The average molecular weight is 222 g/mol. The lowest BCUT2D eigenvalue weighted by molar-refractivity contribution is 0.608. The summed E-state index contributed by atoms with van der Waals surface area (Å²) in [6, 6.07) is -0.563. The lowest BCUT2D eigenvalue weighted by atomic mass is 10.2. The summed E-state index contributed by atoms with van der Waals surface area (Å²) in [6.07, 6.45) is -3.26. The van der Waals surface area contributed by atoms with Crippen LogP contribution in [0.2, 0.25) is 0 Å². The molecule has 0 aliphatic carbocycles. The zero-order chi connectivity index (χ0) is 14.8. The largest absolute Gasteiger partial charge is 0.356 e. The number of nitrogens with zero attached hydrogens (tertiary/aromatic N) is 3. The van der Waals surface area contributed by atoms with Crippen molar-refractivity contribution in [2.45, 2.75) is 6.37 Å². The summed E-state index contributed by atoms with van der Waals surface area (Å²) >= 11 is 2.88. The van der Waals surface area contributed by atoms with Gasteiger partial charge < -0.3 is 4.90 Å². The van der Waals surface area contributed by atoms with Crippen molar-refractivity contribution in [3.8, 4) is 0 Å². The third-order valence-corrected chi connectivity index (χ3v) is 1.42. The summed E-state index contributed by atoms with van der Waals surface area (Å²) in [7, 11) is 0. The van der Waals surface area contributed by atoms with Crippen molar-refractivity contribution >= 4 is 21.7 Å². The van der Waals surface area contributed by atoms with Gasteiger partial charge in [-0.25, -0.2) is 9.97 Å². The Morgan fingerprint density at radius 3 is 3.36 bits per heavy atom. The molecule has 1 aliphatic heterocycles. The summed E-state index contributed by atoms with van der Waals surface area (Å²) in [5.74, 6) is -0.461. The molecule has 2 heterocycles. The highest BCUT2D eigenvalue weighted by atomic mass is 79.9. The van der Waals surface area contributed by atoms with E-state index in [1.165, 1.54) is 0 Å². The first kappa shape index (κ1) is 2.42. The van der Waals surface area contributed by atoms with E-state index < -0.39 is 37.4 Å². The molecule has 0 atom stereocenters. The second-order valence-corrected chi connectivity index (χ2v) is 2.45. The maximum absolute atomic E-state index is 7.62. The van der Waals surface area contributed by atoms with Crippen molar-refractivity contribution < 1.29 is 11.0 Å². The molecule has 0 spiro atoms. The molecule has 1 saturated heterocycles. The van der Waals surface area contributed by atoms with Gasteiger partial charge in [0.1, 0.15) is 5.82 Å². The lowest BCUT2D eigenvalue weighted by Crippen LogP contribution is -2.37. The number of hydrogen-bond acceptors (Lipinski definition) is 3. The Labute approximate surface area is 84.8 Å². The second-order valence-electron chi connectivity index (χ2n) is 1.74. The third kappa shape index (κ3) is 1.35. The fraction of sp³-hybridized carbons (Fsp3) is 0.429. The molecule has 2 rings (SSSR count). The number of anilines is 1. The molecule has 0 unspecified atom stereocenters. The number of rotatable bonds is 1. The van der Waals surface area contributed by atoms with Crippen LogP contribution in [0.1, 0.15) is 17.3 Å². The minimum atomic E-state index is -2.76. The molecule has 4 heteroatoms. The van der Waals surface area contributed by atoms with E-state index in [9.17, 15) is 0 Å². The fourth-order valence-corrected chi connectivity index (χ4v) is 0.845. The molecule has 1 aromatic rings. The van der Waals surface area contributed by atoms with Gasteiger partial charge in [0.25, 0.3) is 0 Å². The van der Waals surface area contributed by atoms with E-state index in [0.717, 1.165) is 0 Å². The first-order valence-electron chi connectivity index (χ1n) is 6.75. The van der Waals surface area contributed by atoms with Crippen LogP contribution in [-0.4, -0.2) is 23.0 Å². The zero-order valence-electron chi connectivity index (χ0n) is 13.2. The van der Waals surface area contributed by atoms with E-state index in [2.05, 4.69) is 25.9 Å². The molecule has 0 bridgehead atoms. The summed E-state index contributed by atoms with van der Waals surface area (Å²) in [5.41, 5.74) is 0. The van der Waals surface area contributed by atoms with Gasteiger partial charge in [-0.05, 0) is 28.3 Å². The molecule has 0 aromatic carbocycles. The van der Waals surface area contributed by atoms with Crippen molar-refractivity contribution in [1.82, 2.24) is 9.97 Å². The summed E-state index contributed by atoms with van der Waals surface area (Å²) in [4.78, 5) is 7.64. The molecule has 1 aromatic heterocycles. The minimum absolute atomic E-state index is 0.0949. The Morgan fingerprint density at radius 2 is 2.55 bits per heavy atom. The summed E-state index contributed by atoms with van der Waals surface area (Å²) in [5, 5.41) is 0. The van der Waals surface area contributed by atoms with Gasteiger partial charge in [0, 0.05) is 27.4 Å². The van der Waals surface area contributed by atoms with Crippen LogP contribution in [0.3, 0.4) is 0 Å². The highest BCUT2D eigenvalue weighted by molar-refractivity contribution is 9.10. The number of hydrogen-bond donors (Lipinski definition) is 0. The van der Waals surface area contributed by atoms with E-state index >= 15 is 0 Å². The van der Waals surface area contributed by atoms with Gasteiger partial charge in [0.2, 0.25) is 0 Å². The SMILES string of the molecule is [2H]c1nc(Br)nc(N2C([2H])([2H])C([2H])([2H])C2([2H])[2H])c1[2H]. The third-order valence-electron chi connectivity index (χ3n) is 1.06. The minimum Gasteiger partial charge on any atom is -0.356 e. The standard InChI is InChI=1S/C7H8BrN3/c8-7-9-3-2-6(10-7)11-4-1-5-11/h2-3H,1,4-5H2/i1D2,2D,3D,4D2,5D2. The molecular formula is C7H8BrN3. The van der Waals surface area contributed by atoms with Crippen LogP contribution < -0.4 is 4.90 Å². The molecule has 11 heavy (non-hydrogen) atoms. The van der Waals surface area contributed by atoms with Crippen LogP contribution in [0.5, 0.6) is 0 Å². The van der Waals surface area contributed by atoms with Crippen LogP contribution >= 0.6 is 15.9 Å². The monoisotopic (exact) mass is 221 g/mol. The molecule has 0 radical (unpaired) electrons. The fourth-order valence-electron chi connectivity index (χ4n) is 0.588. The van der Waals surface area contributed by atoms with Crippen molar-refractivity contribution in [1.29, 1.82) is 0 Å². The first-order chi connectivity index (χ1) is 8.44. The van der Waals surface area contributed by atoms with E-state index in [1.54, 1.807) is 0 Å². The van der Waals surface area contributed by atoms with Crippen LogP contribution in [0, 0.1) is 0 Å². The highest BCUT2D eigenvalue weighted by Gasteiger charge is 2.15. The Balaban J connectivity index is 2.61. The summed E-state index contributed by atoms with van der Waals surface area (Å²) < 4.78 is 60.3. The molecule has 0 saturated carbocycles. The molecule has 0 N–H and O–H groups in total. The van der Waals surface area contributed by atoms with Gasteiger partial charge in [-0.1, -0.05) is 0 Å². The van der Waals surface area contributed by atoms with Crippen molar-refractivity contribution in [3.63, 3.8) is 0 Å². The number of halogens is 1. The van der Waals surface area contributed by atoms with Gasteiger partial charge in [0.05, 0.1) is 2.74 Å². The van der Waals surface area contributed by atoms with Crippen LogP contribution in [0.15, 0.2) is 16.9 Å². The topological polar surface area (TPSA) is 29.0 Å². The van der Waals surface area contributed by atoms with E-state index in [4.69, 9.17) is 11.0 Å². The second kappa shape index (κ2) is 2.77. The molecule has 1 aliphatic rings. The van der Waals surface area contributed by atoms with E-state index in [-0.39, 0.29) is 4.73 Å². The zero-order valence-corrected chi connectivity index (χ0v) is 6.81. The van der Waals surface area contributed by atoms with Crippen LogP contribution in [0.25, 0.3) is 0 Å². The Morgan fingerprint density at radius 1 is 1.73 bits per heavy atom. The summed E-state index contributed by atoms with van der Waals surface area (Å²) in [6.45, 7) is -5.35. The molecule has 58 valence electrons. The van der Waals surface area contributed by atoms with Crippen LogP contribution in [0.4, 0.5) is 5.82 Å². The Hall–Kier alpha value is -0.640. The predicted molar refractivity (Wildman–Crippen MR) is 46.6 cm³/mol. The predicted octanol–water partition coefficient (Wildman–Crippen LogP) is 1.45. The van der Waals surface area contributed by atoms with Crippen molar-refractivity contribution in [2.75, 3.05) is 17.9 Å². The van der Waals surface area contributed by atoms with E-state index in [1.807, 2.05) is 0 Å². The van der Waals surface area contributed by atoms with Gasteiger partial charge in [-0.2, -0.15) is 0 Å². The lowest BCUT2D eigenvalue weighted by Gasteiger charge is -2.31. The molecule has 1 fully saturated rings. The quantitative estimate of drug-likeness (QED) is 0.673. The first-order valence-corrected chi connectivity index (χ1v) is 3.55. The maximum atomic E-state index is 7.62. The van der Waals surface area contributed by atoms with Gasteiger partial charge in [-0.3, -0.25) is 0 Å². The van der Waals surface area contributed by atoms with Crippen molar-refractivity contribution in [2.24, 2.45) is 0 Å². The van der Waals surface area contributed by atoms with Gasteiger partial charge >= 0.3 is 0 Å². The molecule has 3 nitrogen and oxygen atoms in total. The smallest absolute Gasteiger partial charge is 0.198 e. The van der Waals surface area contributed by atoms with Crippen molar-refractivity contribution in [3.05, 3.63) is 16.9 Å². The Kier molecular flexibility index (Phi) is 0.610. The normalized spacial score (nSPS) is 40.6. The van der Waals surface area contributed by atoms with Gasteiger partial charge in [0.15, 0.2) is 4.73 Å². The highest BCUT2D eigenvalue weighted by Crippen LogP contribution is 2.17. The van der Waals surface area contributed by atoms with Crippen LogP contribution in [-0.2, 0) is 0 Å². The number of aromatic nitrogens is 2. The molecule has 0 amide bonds. The average Bonchev–Trinajstić information content (AvgIpc) is 2.23.